The number of carbonyl (C=O) groups is 3. The molecule has 15 heteroatoms. The van der Waals surface area contributed by atoms with Crippen molar-refractivity contribution in [2.75, 3.05) is 97.5 Å². The van der Waals surface area contributed by atoms with Crippen LogP contribution in [0.25, 0.3) is 11.1 Å². The standard InChI is InChI=1S/C63H88N6O9/c1-7-68(52-26-31-74-32-27-52)57-41-51(40-56(45(57)4)59(70)22-21-55-43(2)39-44(3)65-62(55)72)48-15-19-54(20-16-48)78-38-36-76-34-33-75-35-37-77-53-17-13-47(14-18-53)23-28-67-29-24-49-25-30-69(58(49)42-67)63(73)60(50-11-9-8-10-12-50)66-61(71)46(5)64-6/h13-20,39-41,46,49-50,52,58,60,64H,7-12,21-38,42H2,1-6H3,(H,65,72)(H,66,71)/t46-,49-,58-,60-/m0/s1. The van der Waals surface area contributed by atoms with Gasteiger partial charge >= 0.3 is 0 Å². The number of ketones is 1. The van der Waals surface area contributed by atoms with Crippen LogP contribution in [0.3, 0.4) is 0 Å². The van der Waals surface area contributed by atoms with E-state index in [1.165, 1.54) is 12.0 Å². The molecule has 8 rings (SSSR count). The van der Waals surface area contributed by atoms with Crippen molar-refractivity contribution in [3.05, 3.63) is 111 Å². The summed E-state index contributed by atoms with van der Waals surface area (Å²) in [4.78, 5) is 64.1. The van der Waals surface area contributed by atoms with Gasteiger partial charge in [0, 0.05) is 80.4 Å². The average Bonchev–Trinajstić information content (AvgIpc) is 3.90. The summed E-state index contributed by atoms with van der Waals surface area (Å²) in [6, 6.07) is 22.2. The molecule has 0 unspecified atom stereocenters. The quantitative estimate of drug-likeness (QED) is 0.0387. The van der Waals surface area contributed by atoms with Crippen LogP contribution >= 0.6 is 0 Å². The Labute approximate surface area is 463 Å². The summed E-state index contributed by atoms with van der Waals surface area (Å²) in [5, 5.41) is 6.22. The number of amides is 2. The highest BCUT2D eigenvalue weighted by Gasteiger charge is 2.44. The molecule has 78 heavy (non-hydrogen) atoms. The molecule has 3 aliphatic heterocycles. The number of nitrogens with one attached hydrogen (secondary N) is 3. The van der Waals surface area contributed by atoms with E-state index >= 15 is 0 Å². The molecule has 0 radical (unpaired) electrons. The number of Topliss-reactive ketones (excluding diaryl/α,β-unsaturated/α-hetero) is 1. The first-order valence-electron chi connectivity index (χ1n) is 29.2. The molecular formula is C63H88N6O9. The van der Waals surface area contributed by atoms with E-state index in [1.807, 2.05) is 76.2 Å². The molecule has 2 amide bonds. The second-order valence-electron chi connectivity index (χ2n) is 22.1. The number of likely N-dealkylation sites (tertiary alicyclic amines) is 2. The molecule has 4 aliphatic rings. The molecule has 4 aromatic rings. The van der Waals surface area contributed by atoms with Crippen molar-refractivity contribution in [2.24, 2.45) is 11.8 Å². The second kappa shape index (κ2) is 29.0. The van der Waals surface area contributed by atoms with E-state index < -0.39 is 6.04 Å². The molecule has 1 aromatic heterocycles. The summed E-state index contributed by atoms with van der Waals surface area (Å²) in [6.45, 7) is 18.4. The minimum atomic E-state index is -0.444. The van der Waals surface area contributed by atoms with E-state index in [1.54, 1.807) is 7.05 Å². The Kier molecular flexibility index (Phi) is 21.8. The van der Waals surface area contributed by atoms with Crippen molar-refractivity contribution in [3.63, 3.8) is 0 Å². The van der Waals surface area contributed by atoms with Crippen LogP contribution in [0.5, 0.6) is 11.5 Å². The molecule has 424 valence electrons. The third kappa shape index (κ3) is 15.6. The smallest absolute Gasteiger partial charge is 0.251 e. The lowest BCUT2D eigenvalue weighted by Gasteiger charge is -2.41. The van der Waals surface area contributed by atoms with Gasteiger partial charge in [0.05, 0.1) is 32.5 Å². The normalized spacial score (nSPS) is 19.0. The zero-order valence-electron chi connectivity index (χ0n) is 47.5. The number of nitrogens with zero attached hydrogens (tertiary/aromatic N) is 3. The molecule has 4 fully saturated rings. The minimum Gasteiger partial charge on any atom is -0.491 e. The predicted octanol–water partition coefficient (Wildman–Crippen LogP) is 8.42. The zero-order chi connectivity index (χ0) is 55.0. The monoisotopic (exact) mass is 1070 g/mol. The number of pyridine rings is 1. The number of anilines is 1. The van der Waals surface area contributed by atoms with Crippen LogP contribution in [-0.2, 0) is 36.6 Å². The first-order valence-corrected chi connectivity index (χ1v) is 29.2. The maximum absolute atomic E-state index is 14.3. The number of hydrogen-bond donors (Lipinski definition) is 3. The number of aromatic amines is 1. The van der Waals surface area contributed by atoms with Gasteiger partial charge in [-0.05, 0) is 182 Å². The Hall–Kier alpha value is -5.58. The van der Waals surface area contributed by atoms with Crippen molar-refractivity contribution in [3.8, 4) is 22.6 Å². The molecule has 1 aliphatic carbocycles. The van der Waals surface area contributed by atoms with Crippen LogP contribution < -0.4 is 30.6 Å². The molecule has 15 nitrogen and oxygen atoms in total. The van der Waals surface area contributed by atoms with Gasteiger partial charge in [0.15, 0.2) is 5.78 Å². The molecule has 4 atom stereocenters. The van der Waals surface area contributed by atoms with Crippen LogP contribution in [0, 0.1) is 32.6 Å². The number of aromatic nitrogens is 1. The molecule has 3 saturated heterocycles. The van der Waals surface area contributed by atoms with Gasteiger partial charge in [0.1, 0.15) is 30.8 Å². The van der Waals surface area contributed by atoms with Gasteiger partial charge in [-0.2, -0.15) is 0 Å². The summed E-state index contributed by atoms with van der Waals surface area (Å²) >= 11 is 0. The van der Waals surface area contributed by atoms with Crippen LogP contribution in [-0.4, -0.2) is 149 Å². The van der Waals surface area contributed by atoms with E-state index in [9.17, 15) is 19.2 Å². The number of likely N-dealkylation sites (N-methyl/N-ethyl adjacent to an activating group) is 1. The third-order valence-electron chi connectivity index (χ3n) is 17.0. The Balaban J connectivity index is 0.731. The second-order valence-corrected chi connectivity index (χ2v) is 22.1. The van der Waals surface area contributed by atoms with Crippen molar-refractivity contribution in [2.45, 2.75) is 136 Å². The lowest BCUT2D eigenvalue weighted by Crippen LogP contribution is -2.58. The summed E-state index contributed by atoms with van der Waals surface area (Å²) in [6.07, 6.45) is 11.0. The Morgan fingerprint density at radius 1 is 0.782 bits per heavy atom. The van der Waals surface area contributed by atoms with Gasteiger partial charge in [0.2, 0.25) is 11.8 Å². The van der Waals surface area contributed by atoms with Gasteiger partial charge in [0.25, 0.3) is 5.56 Å². The summed E-state index contributed by atoms with van der Waals surface area (Å²) in [5.74, 6) is 2.32. The summed E-state index contributed by atoms with van der Waals surface area (Å²) < 4.78 is 29.3. The van der Waals surface area contributed by atoms with Gasteiger partial charge < -0.3 is 54.0 Å². The fourth-order valence-electron chi connectivity index (χ4n) is 12.3. The van der Waals surface area contributed by atoms with E-state index in [0.29, 0.717) is 69.1 Å². The maximum atomic E-state index is 14.3. The van der Waals surface area contributed by atoms with Crippen molar-refractivity contribution in [1.29, 1.82) is 0 Å². The average molecular weight is 1070 g/mol. The SMILES string of the molecule is CCN(c1cc(-c2ccc(OCCOCCOCCOc3ccc(CCN4CC[C@H]5CCN(C(=O)[C@@H](NC(=O)[C@H](C)NC)C6CCCCC6)[C@H]5C4)cc3)cc2)cc(C(=O)CCc2c(C)cc(C)[nH]c2=O)c1C)C1CCOCC1. The van der Waals surface area contributed by atoms with Crippen molar-refractivity contribution >= 4 is 23.3 Å². The van der Waals surface area contributed by atoms with Gasteiger partial charge in [-0.3, -0.25) is 19.2 Å². The van der Waals surface area contributed by atoms with Crippen LogP contribution in [0.15, 0.2) is 71.5 Å². The van der Waals surface area contributed by atoms with Gasteiger partial charge in [-0.1, -0.05) is 43.5 Å². The largest absolute Gasteiger partial charge is 0.491 e. The number of fused-ring (bicyclic) bond motifs is 1. The number of ether oxygens (including phenoxy) is 5. The van der Waals surface area contributed by atoms with Gasteiger partial charge in [-0.15, -0.1) is 0 Å². The number of piperidine rings is 1. The van der Waals surface area contributed by atoms with Crippen molar-refractivity contribution < 1.29 is 38.1 Å². The number of rotatable bonds is 27. The molecule has 3 aromatic carbocycles. The number of carbonyl (C=O) groups excluding carboxylic acids is 3. The van der Waals surface area contributed by atoms with E-state index in [-0.39, 0.29) is 47.6 Å². The van der Waals surface area contributed by atoms with Gasteiger partial charge in [-0.25, -0.2) is 0 Å². The predicted molar refractivity (Wildman–Crippen MR) is 307 cm³/mol. The van der Waals surface area contributed by atoms with Crippen LogP contribution in [0.4, 0.5) is 5.69 Å². The Morgan fingerprint density at radius 2 is 1.44 bits per heavy atom. The number of H-pyrrole nitrogens is 1. The van der Waals surface area contributed by atoms with E-state index in [0.717, 1.165) is 149 Å². The number of aryl methyl sites for hydroxylation is 2. The van der Waals surface area contributed by atoms with E-state index in [2.05, 4.69) is 55.4 Å². The zero-order valence-corrected chi connectivity index (χ0v) is 47.5. The number of hydrogen-bond acceptors (Lipinski definition) is 12. The highest BCUT2D eigenvalue weighted by atomic mass is 16.6. The molecule has 0 spiro atoms. The highest BCUT2D eigenvalue weighted by Crippen LogP contribution is 2.37. The topological polar surface area (TPSA) is 164 Å². The molecular weight excluding hydrogens is 985 g/mol. The van der Waals surface area contributed by atoms with Crippen LogP contribution in [0.2, 0.25) is 0 Å². The summed E-state index contributed by atoms with van der Waals surface area (Å²) in [7, 11) is 1.78. The Bertz CT molecular complexity index is 2630. The lowest BCUT2D eigenvalue weighted by atomic mass is 9.83. The lowest BCUT2D eigenvalue weighted by molar-refractivity contribution is -0.140. The summed E-state index contributed by atoms with van der Waals surface area (Å²) in [5.41, 5.74) is 8.15. The van der Waals surface area contributed by atoms with Crippen molar-refractivity contribution in [1.82, 2.24) is 25.4 Å². The minimum absolute atomic E-state index is 0.0225. The third-order valence-corrected chi connectivity index (χ3v) is 17.0. The maximum Gasteiger partial charge on any atom is 0.251 e. The fourth-order valence-corrected chi connectivity index (χ4v) is 12.3. The first-order chi connectivity index (χ1) is 37.9. The fraction of sp³-hybridized carbons (Fsp3) is 0.587. The number of benzene rings is 3. The molecule has 1 saturated carbocycles. The van der Waals surface area contributed by atoms with Crippen LogP contribution in [0.1, 0.15) is 116 Å². The Morgan fingerprint density at radius 3 is 2.09 bits per heavy atom. The van der Waals surface area contributed by atoms with E-state index in [4.69, 9.17) is 23.7 Å². The first kappa shape index (κ1) is 58.6. The highest BCUT2D eigenvalue weighted by molar-refractivity contribution is 6.00. The molecule has 0 bridgehead atoms. The molecule has 4 heterocycles. The molecule has 3 N–H and O–H groups in total.